The Morgan fingerprint density at radius 3 is 2.76 bits per heavy atom. The van der Waals surface area contributed by atoms with E-state index in [4.69, 9.17) is 0 Å². The number of anilines is 1. The highest BCUT2D eigenvalue weighted by Crippen LogP contribution is 2.29. The summed E-state index contributed by atoms with van der Waals surface area (Å²) in [5.74, 6) is 0.607. The van der Waals surface area contributed by atoms with Crippen LogP contribution >= 0.6 is 11.3 Å². The van der Waals surface area contributed by atoms with Crippen LogP contribution in [-0.2, 0) is 0 Å². The number of nitrogens with zero attached hydrogens (tertiary/aromatic N) is 6. The minimum absolute atomic E-state index is 0.0733. The highest BCUT2D eigenvalue weighted by Gasteiger charge is 2.24. The number of thiazole rings is 1. The van der Waals surface area contributed by atoms with Crippen LogP contribution in [-0.4, -0.2) is 35.6 Å². The molecule has 1 aliphatic carbocycles. The third-order valence-electron chi connectivity index (χ3n) is 4.45. The molecule has 0 bridgehead atoms. The predicted molar refractivity (Wildman–Crippen MR) is 95.2 cm³/mol. The lowest BCUT2D eigenvalue weighted by molar-refractivity contribution is 0.303. The third-order valence-corrected chi connectivity index (χ3v) is 5.34. The van der Waals surface area contributed by atoms with Crippen LogP contribution in [0.3, 0.4) is 0 Å². The fraction of sp³-hybridized carbons (Fsp3) is 0.438. The van der Waals surface area contributed by atoms with Crippen molar-refractivity contribution in [2.24, 2.45) is 0 Å². The van der Waals surface area contributed by atoms with Crippen molar-refractivity contribution in [2.45, 2.75) is 44.7 Å². The van der Waals surface area contributed by atoms with Gasteiger partial charge in [0.15, 0.2) is 10.9 Å². The molecular formula is C16H19N7OS. The van der Waals surface area contributed by atoms with Crippen LogP contribution < -0.4 is 10.9 Å². The van der Waals surface area contributed by atoms with Crippen molar-refractivity contribution in [3.63, 3.8) is 0 Å². The van der Waals surface area contributed by atoms with Crippen molar-refractivity contribution in [3.8, 4) is 5.82 Å². The number of aromatic nitrogens is 6. The maximum absolute atomic E-state index is 12.2. The lowest BCUT2D eigenvalue weighted by Gasteiger charge is -2.29. The number of hydrogen-bond donors (Lipinski definition) is 1. The lowest BCUT2D eigenvalue weighted by Crippen LogP contribution is -2.33. The zero-order valence-corrected chi connectivity index (χ0v) is 14.7. The van der Waals surface area contributed by atoms with Crippen LogP contribution in [0.5, 0.6) is 0 Å². The molecule has 1 saturated carbocycles. The Morgan fingerprint density at radius 2 is 2.08 bits per heavy atom. The van der Waals surface area contributed by atoms with Crippen molar-refractivity contribution in [2.75, 3.05) is 5.32 Å². The topological polar surface area (TPSA) is 90.5 Å². The Morgan fingerprint density at radius 1 is 1.24 bits per heavy atom. The standard InChI is InChI=1S/C16H19N7OS/c1-11-8-25-16(19-11)20-12-2-4-13(5-3-12)23-15(24)7-6-14(21-23)22-10-17-9-18-22/h6-10,12-13H,2-5H2,1H3,(H,19,20). The predicted octanol–water partition coefficient (Wildman–Crippen LogP) is 2.18. The van der Waals surface area contributed by atoms with Crippen LogP contribution in [0, 0.1) is 6.92 Å². The van der Waals surface area contributed by atoms with Gasteiger partial charge in [-0.1, -0.05) is 0 Å². The fourth-order valence-corrected chi connectivity index (χ4v) is 3.95. The van der Waals surface area contributed by atoms with E-state index in [9.17, 15) is 4.79 Å². The second kappa shape index (κ2) is 6.75. The van der Waals surface area contributed by atoms with Gasteiger partial charge in [-0.15, -0.1) is 16.4 Å². The minimum Gasteiger partial charge on any atom is -0.359 e. The van der Waals surface area contributed by atoms with Crippen LogP contribution in [0.15, 0.2) is 35.0 Å². The van der Waals surface area contributed by atoms with Crippen LogP contribution in [0.4, 0.5) is 5.13 Å². The van der Waals surface area contributed by atoms with Crippen molar-refractivity contribution in [3.05, 3.63) is 46.2 Å². The van der Waals surface area contributed by atoms with Crippen LogP contribution in [0.2, 0.25) is 0 Å². The summed E-state index contributed by atoms with van der Waals surface area (Å²) in [4.78, 5) is 20.6. The molecule has 25 heavy (non-hydrogen) atoms. The Kier molecular flexibility index (Phi) is 4.31. The summed E-state index contributed by atoms with van der Waals surface area (Å²) < 4.78 is 3.16. The molecule has 0 saturated heterocycles. The molecule has 0 radical (unpaired) electrons. The van der Waals surface area contributed by atoms with Gasteiger partial charge in [0.25, 0.3) is 5.56 Å². The summed E-state index contributed by atoms with van der Waals surface area (Å²) >= 11 is 1.64. The minimum atomic E-state index is -0.0733. The largest absolute Gasteiger partial charge is 0.359 e. The molecule has 1 fully saturated rings. The van der Waals surface area contributed by atoms with Gasteiger partial charge in [0, 0.05) is 17.5 Å². The van der Waals surface area contributed by atoms with E-state index in [2.05, 4.69) is 25.5 Å². The zero-order chi connectivity index (χ0) is 17.2. The first-order valence-electron chi connectivity index (χ1n) is 8.32. The van der Waals surface area contributed by atoms with Gasteiger partial charge in [-0.3, -0.25) is 4.79 Å². The number of aryl methyl sites for hydroxylation is 1. The molecule has 0 spiro atoms. The van der Waals surface area contributed by atoms with E-state index in [1.165, 1.54) is 6.33 Å². The second-order valence-electron chi connectivity index (χ2n) is 6.26. The smallest absolute Gasteiger partial charge is 0.267 e. The van der Waals surface area contributed by atoms with Gasteiger partial charge in [-0.25, -0.2) is 19.3 Å². The molecule has 0 unspecified atom stereocenters. The molecule has 3 heterocycles. The Labute approximate surface area is 148 Å². The molecule has 0 aliphatic heterocycles. The molecule has 3 aromatic heterocycles. The van der Waals surface area contributed by atoms with Gasteiger partial charge in [0.1, 0.15) is 12.7 Å². The van der Waals surface area contributed by atoms with E-state index < -0.39 is 0 Å². The highest BCUT2D eigenvalue weighted by molar-refractivity contribution is 7.13. The van der Waals surface area contributed by atoms with E-state index in [0.717, 1.165) is 36.5 Å². The average Bonchev–Trinajstić information content (AvgIpc) is 3.28. The van der Waals surface area contributed by atoms with Gasteiger partial charge < -0.3 is 5.32 Å². The quantitative estimate of drug-likeness (QED) is 0.770. The Hall–Kier alpha value is -2.55. The molecule has 0 aromatic carbocycles. The van der Waals surface area contributed by atoms with Gasteiger partial charge >= 0.3 is 0 Å². The summed E-state index contributed by atoms with van der Waals surface area (Å²) in [6, 6.07) is 3.74. The summed E-state index contributed by atoms with van der Waals surface area (Å²) in [5, 5.41) is 15.1. The maximum atomic E-state index is 12.2. The van der Waals surface area contributed by atoms with E-state index in [0.29, 0.717) is 11.9 Å². The van der Waals surface area contributed by atoms with Crippen molar-refractivity contribution in [1.82, 2.24) is 29.5 Å². The Bertz CT molecular complexity index is 893. The molecule has 1 aliphatic rings. The first-order chi connectivity index (χ1) is 12.2. The van der Waals surface area contributed by atoms with Crippen molar-refractivity contribution >= 4 is 16.5 Å². The maximum Gasteiger partial charge on any atom is 0.267 e. The number of rotatable bonds is 4. The van der Waals surface area contributed by atoms with Crippen LogP contribution in [0.25, 0.3) is 5.82 Å². The molecule has 9 heteroatoms. The first-order valence-corrected chi connectivity index (χ1v) is 9.20. The molecule has 3 aromatic rings. The third kappa shape index (κ3) is 3.46. The lowest BCUT2D eigenvalue weighted by atomic mass is 9.91. The van der Waals surface area contributed by atoms with Gasteiger partial charge in [0.2, 0.25) is 0 Å². The van der Waals surface area contributed by atoms with E-state index >= 15 is 0 Å². The van der Waals surface area contributed by atoms with E-state index in [1.807, 2.05) is 12.3 Å². The molecular weight excluding hydrogens is 338 g/mol. The number of nitrogens with one attached hydrogen (secondary N) is 1. The van der Waals surface area contributed by atoms with Crippen molar-refractivity contribution in [1.29, 1.82) is 0 Å². The Balaban J connectivity index is 1.45. The molecule has 130 valence electrons. The monoisotopic (exact) mass is 357 g/mol. The molecule has 8 nitrogen and oxygen atoms in total. The van der Waals surface area contributed by atoms with Crippen molar-refractivity contribution < 1.29 is 0 Å². The average molecular weight is 357 g/mol. The second-order valence-corrected chi connectivity index (χ2v) is 7.12. The van der Waals surface area contributed by atoms with E-state index in [1.54, 1.807) is 39.2 Å². The highest BCUT2D eigenvalue weighted by atomic mass is 32.1. The molecule has 1 N–H and O–H groups in total. The fourth-order valence-electron chi connectivity index (χ4n) is 3.19. The van der Waals surface area contributed by atoms with Gasteiger partial charge in [-0.2, -0.15) is 5.10 Å². The normalized spacial score (nSPS) is 20.5. The summed E-state index contributed by atoms with van der Waals surface area (Å²) in [7, 11) is 0. The summed E-state index contributed by atoms with van der Waals surface area (Å²) in [6.45, 7) is 2.00. The van der Waals surface area contributed by atoms with Gasteiger partial charge in [0.05, 0.1) is 11.7 Å². The van der Waals surface area contributed by atoms with Gasteiger partial charge in [-0.05, 0) is 38.7 Å². The molecule has 0 atom stereocenters. The zero-order valence-electron chi connectivity index (χ0n) is 13.9. The van der Waals surface area contributed by atoms with Crippen LogP contribution in [0.1, 0.15) is 37.4 Å². The van der Waals surface area contributed by atoms with E-state index in [-0.39, 0.29) is 11.6 Å². The summed E-state index contributed by atoms with van der Waals surface area (Å²) in [6.07, 6.45) is 6.84. The molecule has 4 rings (SSSR count). The number of hydrogen-bond acceptors (Lipinski definition) is 7. The molecule has 0 amide bonds. The summed E-state index contributed by atoms with van der Waals surface area (Å²) in [5.41, 5.74) is 0.970. The SMILES string of the molecule is Cc1csc(NC2CCC(n3nc(-n4cncn4)ccc3=O)CC2)n1. The first kappa shape index (κ1) is 15.9.